The Bertz CT molecular complexity index is 314. The Kier molecular flexibility index (Phi) is 2.56. The average molecular weight is 242 g/mol. The van der Waals surface area contributed by atoms with E-state index in [0.717, 1.165) is 29.9 Å². The van der Waals surface area contributed by atoms with Gasteiger partial charge in [0.25, 0.3) is 0 Å². The topological polar surface area (TPSA) is 12.5 Å². The zero-order valence-corrected chi connectivity index (χ0v) is 9.17. The number of ether oxygens (including phenoxy) is 1. The fourth-order valence-electron chi connectivity index (χ4n) is 1.47. The average Bonchev–Trinajstić information content (AvgIpc) is 2.25. The quantitative estimate of drug-likeness (QED) is 0.692. The van der Waals surface area contributed by atoms with Crippen molar-refractivity contribution in [1.82, 2.24) is 4.90 Å². The van der Waals surface area contributed by atoms with Crippen LogP contribution in [-0.4, -0.2) is 25.1 Å². The highest BCUT2D eigenvalue weighted by Crippen LogP contribution is 2.26. The van der Waals surface area contributed by atoms with Crippen molar-refractivity contribution in [2.24, 2.45) is 0 Å². The van der Waals surface area contributed by atoms with Gasteiger partial charge in [-0.25, -0.2) is 0 Å². The molecule has 0 saturated heterocycles. The number of hydrogen-bond donors (Lipinski definition) is 0. The zero-order valence-electron chi connectivity index (χ0n) is 7.59. The minimum Gasteiger partial charge on any atom is -0.492 e. The highest BCUT2D eigenvalue weighted by Gasteiger charge is 2.11. The van der Waals surface area contributed by atoms with Crippen LogP contribution in [0.5, 0.6) is 5.75 Å². The fraction of sp³-hybridized carbons (Fsp3) is 0.400. The molecule has 1 aromatic rings. The van der Waals surface area contributed by atoms with Crippen molar-refractivity contribution in [1.29, 1.82) is 0 Å². The minimum atomic E-state index is 0.778. The van der Waals surface area contributed by atoms with E-state index in [-0.39, 0.29) is 0 Å². The summed E-state index contributed by atoms with van der Waals surface area (Å²) in [6.45, 7) is 2.74. The zero-order chi connectivity index (χ0) is 9.26. The van der Waals surface area contributed by atoms with Crippen LogP contribution in [0, 0.1) is 0 Å². The second-order valence-electron chi connectivity index (χ2n) is 3.34. The first-order valence-electron chi connectivity index (χ1n) is 4.35. The highest BCUT2D eigenvalue weighted by molar-refractivity contribution is 9.10. The van der Waals surface area contributed by atoms with Crippen molar-refractivity contribution in [3.8, 4) is 5.75 Å². The number of nitrogens with zero attached hydrogens (tertiary/aromatic N) is 1. The molecular formula is C10H12BrNO. The molecule has 0 aromatic heterocycles. The van der Waals surface area contributed by atoms with Gasteiger partial charge in [-0.1, -0.05) is 22.0 Å². The monoisotopic (exact) mass is 241 g/mol. The van der Waals surface area contributed by atoms with Crippen LogP contribution in [0.25, 0.3) is 0 Å². The van der Waals surface area contributed by atoms with Gasteiger partial charge in [-0.15, -0.1) is 0 Å². The minimum absolute atomic E-state index is 0.778. The number of hydrogen-bond acceptors (Lipinski definition) is 2. The fourth-order valence-corrected chi connectivity index (χ4v) is 1.81. The van der Waals surface area contributed by atoms with Crippen LogP contribution in [-0.2, 0) is 6.54 Å². The van der Waals surface area contributed by atoms with E-state index >= 15 is 0 Å². The molecule has 0 amide bonds. The van der Waals surface area contributed by atoms with Crippen LogP contribution in [0.2, 0.25) is 0 Å². The van der Waals surface area contributed by atoms with Gasteiger partial charge in [-0.05, 0) is 19.2 Å². The van der Waals surface area contributed by atoms with Crippen molar-refractivity contribution >= 4 is 15.9 Å². The molecule has 0 radical (unpaired) electrons. The first-order chi connectivity index (χ1) is 6.25. The first-order valence-corrected chi connectivity index (χ1v) is 5.15. The summed E-state index contributed by atoms with van der Waals surface area (Å²) in [4.78, 5) is 2.26. The lowest BCUT2D eigenvalue weighted by Crippen LogP contribution is -2.20. The smallest absolute Gasteiger partial charge is 0.124 e. The van der Waals surface area contributed by atoms with Crippen molar-refractivity contribution in [2.75, 3.05) is 20.2 Å². The summed E-state index contributed by atoms with van der Waals surface area (Å²) in [5.41, 5.74) is 1.27. The summed E-state index contributed by atoms with van der Waals surface area (Å²) < 4.78 is 6.71. The van der Waals surface area contributed by atoms with Gasteiger partial charge in [0.1, 0.15) is 12.4 Å². The van der Waals surface area contributed by atoms with Crippen LogP contribution in [0.3, 0.4) is 0 Å². The molecule has 0 fully saturated rings. The Morgan fingerprint density at radius 2 is 2.31 bits per heavy atom. The van der Waals surface area contributed by atoms with Crippen LogP contribution in [0.1, 0.15) is 5.56 Å². The van der Waals surface area contributed by atoms with Crippen LogP contribution in [0.15, 0.2) is 22.7 Å². The lowest BCUT2D eigenvalue weighted by atomic mass is 10.2. The highest BCUT2D eigenvalue weighted by atomic mass is 79.9. The predicted octanol–water partition coefficient (Wildman–Crippen LogP) is 2.27. The van der Waals surface area contributed by atoms with Crippen LogP contribution >= 0.6 is 15.9 Å². The maximum absolute atomic E-state index is 5.63. The molecule has 0 spiro atoms. The molecule has 0 atom stereocenters. The third-order valence-corrected chi connectivity index (χ3v) is 2.69. The maximum Gasteiger partial charge on any atom is 0.124 e. The molecule has 1 aliphatic heterocycles. The summed E-state index contributed by atoms with van der Waals surface area (Å²) in [6.07, 6.45) is 0. The van der Waals surface area contributed by atoms with E-state index in [1.54, 1.807) is 0 Å². The Morgan fingerprint density at radius 3 is 3.15 bits per heavy atom. The Morgan fingerprint density at radius 1 is 1.46 bits per heavy atom. The van der Waals surface area contributed by atoms with Gasteiger partial charge >= 0.3 is 0 Å². The largest absolute Gasteiger partial charge is 0.492 e. The van der Waals surface area contributed by atoms with Gasteiger partial charge in [-0.2, -0.15) is 0 Å². The third kappa shape index (κ3) is 2.03. The molecule has 1 aromatic carbocycles. The number of benzene rings is 1. The summed E-state index contributed by atoms with van der Waals surface area (Å²) in [6, 6.07) is 6.21. The van der Waals surface area contributed by atoms with Gasteiger partial charge < -0.3 is 4.74 Å². The summed E-state index contributed by atoms with van der Waals surface area (Å²) in [7, 11) is 2.11. The van der Waals surface area contributed by atoms with E-state index in [1.165, 1.54) is 5.56 Å². The molecule has 0 saturated carbocycles. The van der Waals surface area contributed by atoms with E-state index in [4.69, 9.17) is 4.74 Å². The number of fused-ring (bicyclic) bond motifs is 1. The summed E-state index contributed by atoms with van der Waals surface area (Å²) in [5.74, 6) is 1.01. The number of likely N-dealkylation sites (N-methyl/N-ethyl adjacent to an activating group) is 1. The molecule has 0 unspecified atom stereocenters. The molecule has 70 valence electrons. The van der Waals surface area contributed by atoms with E-state index in [0.29, 0.717) is 0 Å². The van der Waals surface area contributed by atoms with Crippen molar-refractivity contribution in [3.05, 3.63) is 28.2 Å². The Balaban J connectivity index is 2.34. The van der Waals surface area contributed by atoms with Crippen molar-refractivity contribution in [3.63, 3.8) is 0 Å². The second kappa shape index (κ2) is 3.68. The van der Waals surface area contributed by atoms with Crippen LogP contribution < -0.4 is 4.74 Å². The molecule has 3 heteroatoms. The SMILES string of the molecule is CN1CCOc2cc(Br)ccc2C1. The second-order valence-corrected chi connectivity index (χ2v) is 4.25. The lowest BCUT2D eigenvalue weighted by molar-refractivity contribution is 0.259. The summed E-state index contributed by atoms with van der Waals surface area (Å²) >= 11 is 3.44. The maximum atomic E-state index is 5.63. The Labute approximate surface area is 86.6 Å². The summed E-state index contributed by atoms with van der Waals surface area (Å²) in [5, 5.41) is 0. The molecule has 2 rings (SSSR count). The number of rotatable bonds is 0. The Hall–Kier alpha value is -0.540. The van der Waals surface area contributed by atoms with Gasteiger partial charge in [0, 0.05) is 23.1 Å². The standard InChI is InChI=1S/C10H12BrNO/c1-12-4-5-13-10-6-9(11)3-2-8(10)7-12/h2-3,6H,4-5,7H2,1H3. The van der Waals surface area contributed by atoms with E-state index in [9.17, 15) is 0 Å². The number of halogens is 1. The van der Waals surface area contributed by atoms with E-state index in [1.807, 2.05) is 6.07 Å². The lowest BCUT2D eigenvalue weighted by Gasteiger charge is -2.11. The third-order valence-electron chi connectivity index (χ3n) is 2.20. The van der Waals surface area contributed by atoms with Crippen molar-refractivity contribution < 1.29 is 4.74 Å². The van der Waals surface area contributed by atoms with Crippen LogP contribution in [0.4, 0.5) is 0 Å². The molecule has 13 heavy (non-hydrogen) atoms. The molecule has 1 aliphatic rings. The molecular weight excluding hydrogens is 230 g/mol. The van der Waals surface area contributed by atoms with Crippen molar-refractivity contribution in [2.45, 2.75) is 6.54 Å². The molecule has 0 aliphatic carbocycles. The van der Waals surface area contributed by atoms with Gasteiger partial charge in [-0.3, -0.25) is 4.90 Å². The molecule has 1 heterocycles. The normalized spacial score (nSPS) is 17.4. The van der Waals surface area contributed by atoms with E-state index < -0.39 is 0 Å². The first kappa shape index (κ1) is 9.03. The van der Waals surface area contributed by atoms with Gasteiger partial charge in [0.05, 0.1) is 0 Å². The molecule has 2 nitrogen and oxygen atoms in total. The predicted molar refractivity (Wildman–Crippen MR) is 56.0 cm³/mol. The van der Waals surface area contributed by atoms with Gasteiger partial charge in [0.15, 0.2) is 0 Å². The van der Waals surface area contributed by atoms with Gasteiger partial charge in [0.2, 0.25) is 0 Å². The molecule has 0 bridgehead atoms. The molecule has 0 N–H and O–H groups in total. The van der Waals surface area contributed by atoms with E-state index in [2.05, 4.69) is 40.0 Å².